The minimum atomic E-state index is -2.01. The number of aryl methyl sites for hydroxylation is 2. The molecule has 0 radical (unpaired) electrons. The first kappa shape index (κ1) is 27.6. The highest BCUT2D eigenvalue weighted by atomic mass is 28.4. The van der Waals surface area contributed by atoms with Crippen LogP contribution in [0.2, 0.25) is 18.1 Å². The third-order valence-corrected chi connectivity index (χ3v) is 12.0. The first-order valence-electron chi connectivity index (χ1n) is 13.1. The van der Waals surface area contributed by atoms with Crippen LogP contribution in [0.1, 0.15) is 57.2 Å². The van der Waals surface area contributed by atoms with Gasteiger partial charge in [0.2, 0.25) is 8.32 Å². The number of hydrogen-bond donors (Lipinski definition) is 0. The fourth-order valence-electron chi connectivity index (χ4n) is 4.45. The van der Waals surface area contributed by atoms with Gasteiger partial charge in [0, 0.05) is 18.3 Å². The highest BCUT2D eigenvalue weighted by Gasteiger charge is 2.47. The fraction of sp³-hybridized carbons (Fsp3) is 0.500. The zero-order valence-electron chi connectivity index (χ0n) is 23.9. The van der Waals surface area contributed by atoms with E-state index in [0.717, 1.165) is 28.3 Å². The maximum atomic E-state index is 13.7. The Hall–Kier alpha value is -3.40. The average Bonchev–Trinajstić information content (AvgIpc) is 3.46. The molecule has 0 saturated carbocycles. The van der Waals surface area contributed by atoms with Gasteiger partial charge in [0.1, 0.15) is 17.6 Å². The molecule has 2 aromatic heterocycles. The number of benzene rings is 1. The molecule has 10 heteroatoms. The Labute approximate surface area is 225 Å². The summed E-state index contributed by atoms with van der Waals surface area (Å²) in [6.07, 6.45) is 3.28. The molecule has 204 valence electrons. The Morgan fingerprint density at radius 2 is 1.84 bits per heavy atom. The van der Waals surface area contributed by atoms with E-state index in [-0.39, 0.29) is 22.9 Å². The first-order valence-corrected chi connectivity index (χ1v) is 16.0. The van der Waals surface area contributed by atoms with Crippen molar-refractivity contribution >= 4 is 25.9 Å². The molecule has 1 aliphatic heterocycles. The van der Waals surface area contributed by atoms with E-state index in [4.69, 9.17) is 8.95 Å². The van der Waals surface area contributed by atoms with Gasteiger partial charge in [0.15, 0.2) is 0 Å². The van der Waals surface area contributed by atoms with Crippen LogP contribution in [-0.4, -0.2) is 46.1 Å². The maximum Gasteiger partial charge on any atom is 0.332 e. The lowest BCUT2D eigenvalue weighted by Crippen LogP contribution is -2.43. The summed E-state index contributed by atoms with van der Waals surface area (Å²) >= 11 is 0. The van der Waals surface area contributed by atoms with Gasteiger partial charge < -0.3 is 13.8 Å². The lowest BCUT2D eigenvalue weighted by Gasteiger charge is -2.36. The number of aromatic nitrogens is 3. The van der Waals surface area contributed by atoms with Crippen molar-refractivity contribution in [3.63, 3.8) is 0 Å². The van der Waals surface area contributed by atoms with E-state index >= 15 is 0 Å². The summed E-state index contributed by atoms with van der Waals surface area (Å²) in [5.74, 6) is 1.22. The highest BCUT2D eigenvalue weighted by Crippen LogP contribution is 2.38. The molecule has 1 atom stereocenters. The van der Waals surface area contributed by atoms with Crippen LogP contribution in [0, 0.1) is 19.8 Å². The number of amides is 3. The van der Waals surface area contributed by atoms with E-state index in [1.165, 1.54) is 4.90 Å². The van der Waals surface area contributed by atoms with Crippen LogP contribution in [0.15, 0.2) is 41.2 Å². The SMILES string of the molecule is Cc1noc(C)c1Cn1cc(N2C(=O)C(C(C)C)N(Cc3cccc(O[Si](C)(C)C(C)(C)C)c3)C2=O)cn1. The molecule has 9 nitrogen and oxygen atoms in total. The van der Waals surface area contributed by atoms with E-state index < -0.39 is 14.4 Å². The minimum absolute atomic E-state index is 0.0551. The van der Waals surface area contributed by atoms with Gasteiger partial charge in [-0.3, -0.25) is 9.48 Å². The summed E-state index contributed by atoms with van der Waals surface area (Å²) in [6, 6.07) is 6.94. The van der Waals surface area contributed by atoms with Crippen LogP contribution in [0.25, 0.3) is 0 Å². The smallest absolute Gasteiger partial charge is 0.332 e. The topological polar surface area (TPSA) is 93.7 Å². The van der Waals surface area contributed by atoms with Crippen molar-refractivity contribution in [2.75, 3.05) is 4.90 Å². The molecule has 1 fully saturated rings. The van der Waals surface area contributed by atoms with Crippen molar-refractivity contribution in [2.45, 2.75) is 85.7 Å². The molecule has 1 aliphatic rings. The second-order valence-electron chi connectivity index (χ2n) is 12.0. The number of anilines is 1. The van der Waals surface area contributed by atoms with E-state index in [2.05, 4.69) is 44.1 Å². The number of imide groups is 1. The molecule has 3 amide bonds. The minimum Gasteiger partial charge on any atom is -0.543 e. The van der Waals surface area contributed by atoms with Crippen LogP contribution in [-0.2, 0) is 17.9 Å². The lowest BCUT2D eigenvalue weighted by molar-refractivity contribution is -0.120. The molecule has 3 aromatic rings. The maximum absolute atomic E-state index is 13.7. The first-order chi connectivity index (χ1) is 17.7. The monoisotopic (exact) mass is 537 g/mol. The van der Waals surface area contributed by atoms with Crippen molar-refractivity contribution < 1.29 is 18.5 Å². The molecule has 0 N–H and O–H groups in total. The normalized spacial score (nSPS) is 16.7. The van der Waals surface area contributed by atoms with E-state index in [1.807, 2.05) is 52.0 Å². The number of carbonyl (C=O) groups excluding carboxylic acids is 2. The third-order valence-electron chi connectivity index (χ3n) is 7.69. The van der Waals surface area contributed by atoms with Crippen molar-refractivity contribution in [3.8, 4) is 5.75 Å². The van der Waals surface area contributed by atoms with Gasteiger partial charge >= 0.3 is 6.03 Å². The summed E-state index contributed by atoms with van der Waals surface area (Å²) < 4.78 is 13.4. The Kier molecular flexibility index (Phi) is 7.31. The average molecular weight is 538 g/mol. The van der Waals surface area contributed by atoms with Gasteiger partial charge in [0.05, 0.1) is 24.1 Å². The molecule has 38 heavy (non-hydrogen) atoms. The van der Waals surface area contributed by atoms with Crippen LogP contribution < -0.4 is 9.33 Å². The molecular weight excluding hydrogens is 498 g/mol. The van der Waals surface area contributed by atoms with Gasteiger partial charge in [-0.25, -0.2) is 9.69 Å². The van der Waals surface area contributed by atoms with Gasteiger partial charge in [-0.05, 0) is 55.6 Å². The van der Waals surface area contributed by atoms with Crippen molar-refractivity contribution in [1.82, 2.24) is 19.8 Å². The summed E-state index contributed by atoms with van der Waals surface area (Å²) in [5.41, 5.74) is 3.10. The number of carbonyl (C=O) groups is 2. The summed E-state index contributed by atoms with van der Waals surface area (Å²) in [5, 5.41) is 8.46. The Morgan fingerprint density at radius 3 is 2.45 bits per heavy atom. The molecule has 4 rings (SSSR count). The second-order valence-corrected chi connectivity index (χ2v) is 16.7. The molecule has 1 aromatic carbocycles. The quantitative estimate of drug-likeness (QED) is 0.262. The standard InChI is InChI=1S/C28H39N5O4Si/c1-18(2)25-26(34)33(22-14-29-31(16-22)17-24-19(3)30-36-20(24)4)27(35)32(25)15-21-11-10-12-23(13-21)37-38(8,9)28(5,6)7/h10-14,16,18,25H,15,17H2,1-9H3. The van der Waals surface area contributed by atoms with Gasteiger partial charge in [-0.15, -0.1) is 0 Å². The van der Waals surface area contributed by atoms with Gasteiger partial charge in [-0.1, -0.05) is 51.9 Å². The Bertz CT molecular complexity index is 1320. The Balaban J connectivity index is 1.57. The number of nitrogens with zero attached hydrogens (tertiary/aromatic N) is 5. The van der Waals surface area contributed by atoms with Gasteiger partial charge in [-0.2, -0.15) is 5.10 Å². The lowest BCUT2D eigenvalue weighted by atomic mass is 10.0. The fourth-order valence-corrected chi connectivity index (χ4v) is 5.47. The number of urea groups is 1. The van der Waals surface area contributed by atoms with E-state index in [9.17, 15) is 9.59 Å². The summed E-state index contributed by atoms with van der Waals surface area (Å²) in [4.78, 5) is 30.1. The van der Waals surface area contributed by atoms with Crippen LogP contribution in [0.4, 0.5) is 10.5 Å². The van der Waals surface area contributed by atoms with Crippen molar-refractivity contribution in [1.29, 1.82) is 0 Å². The summed E-state index contributed by atoms with van der Waals surface area (Å²) in [7, 11) is -2.01. The molecular formula is C28H39N5O4Si. The molecule has 1 unspecified atom stereocenters. The van der Waals surface area contributed by atoms with Crippen LogP contribution in [0.5, 0.6) is 5.75 Å². The molecule has 3 heterocycles. The molecule has 1 saturated heterocycles. The van der Waals surface area contributed by atoms with Crippen LogP contribution >= 0.6 is 0 Å². The largest absolute Gasteiger partial charge is 0.543 e. The molecule has 0 spiro atoms. The molecule has 0 aliphatic carbocycles. The number of hydrogen-bond acceptors (Lipinski definition) is 6. The van der Waals surface area contributed by atoms with E-state index in [0.29, 0.717) is 18.8 Å². The molecule has 0 bridgehead atoms. The second kappa shape index (κ2) is 10.1. The highest BCUT2D eigenvalue weighted by molar-refractivity contribution is 6.74. The predicted octanol–water partition coefficient (Wildman–Crippen LogP) is 5.91. The van der Waals surface area contributed by atoms with Gasteiger partial charge in [0.25, 0.3) is 5.91 Å². The van der Waals surface area contributed by atoms with E-state index in [1.54, 1.807) is 22.0 Å². The number of rotatable bonds is 8. The van der Waals surface area contributed by atoms with Crippen molar-refractivity contribution in [2.24, 2.45) is 5.92 Å². The predicted molar refractivity (Wildman–Crippen MR) is 149 cm³/mol. The Morgan fingerprint density at radius 1 is 1.13 bits per heavy atom. The zero-order valence-corrected chi connectivity index (χ0v) is 24.9. The third kappa shape index (κ3) is 5.27. The summed E-state index contributed by atoms with van der Waals surface area (Å²) in [6.45, 7) is 19.4. The zero-order chi connectivity index (χ0) is 28.0. The van der Waals surface area contributed by atoms with Crippen molar-refractivity contribution in [3.05, 3.63) is 59.2 Å². The van der Waals surface area contributed by atoms with Crippen LogP contribution in [0.3, 0.4) is 0 Å².